The summed E-state index contributed by atoms with van der Waals surface area (Å²) in [4.78, 5) is 36.0. The van der Waals surface area contributed by atoms with Crippen molar-refractivity contribution in [1.29, 1.82) is 0 Å². The summed E-state index contributed by atoms with van der Waals surface area (Å²) in [5.74, 6) is -1.17. The Morgan fingerprint density at radius 1 is 1.24 bits per heavy atom. The van der Waals surface area contributed by atoms with E-state index in [1.165, 1.54) is 47.4 Å². The Morgan fingerprint density at radius 3 is 2.56 bits per heavy atom. The fourth-order valence-electron chi connectivity index (χ4n) is 2.64. The van der Waals surface area contributed by atoms with Crippen LogP contribution in [0.3, 0.4) is 0 Å². The first-order valence-electron chi connectivity index (χ1n) is 7.54. The van der Waals surface area contributed by atoms with Gasteiger partial charge in [-0.3, -0.25) is 19.7 Å². The number of amides is 2. The molecule has 1 atom stereocenters. The van der Waals surface area contributed by atoms with Gasteiger partial charge in [0, 0.05) is 17.3 Å². The predicted molar refractivity (Wildman–Crippen MR) is 87.5 cm³/mol. The summed E-state index contributed by atoms with van der Waals surface area (Å²) in [6, 6.07) is 10.8. The number of β-lactam (4-membered cyclic amide) rings is 1. The van der Waals surface area contributed by atoms with Crippen molar-refractivity contribution in [3.05, 3.63) is 70.0 Å². The third-order valence-electron chi connectivity index (χ3n) is 3.94. The molecule has 0 bridgehead atoms. The standard InChI is InChI=1S/C17H14FN3O4/c18-12-5-7-13(8-6-12)20-10-14(17(20)23)19-16(22)9-11-3-1-2-4-15(11)21(24)25/h1-8,14H,9-10H2,(H,19,22)/t14-/m1/s1. The molecule has 25 heavy (non-hydrogen) atoms. The van der Waals surface area contributed by atoms with Crippen LogP contribution in [0.15, 0.2) is 48.5 Å². The molecule has 1 aliphatic rings. The zero-order valence-electron chi connectivity index (χ0n) is 13.0. The molecule has 0 radical (unpaired) electrons. The summed E-state index contributed by atoms with van der Waals surface area (Å²) in [6.07, 6.45) is -0.183. The number of nitro benzene ring substituents is 1. The minimum atomic E-state index is -0.680. The van der Waals surface area contributed by atoms with Crippen molar-refractivity contribution in [1.82, 2.24) is 5.32 Å². The number of anilines is 1. The van der Waals surface area contributed by atoms with Gasteiger partial charge in [0.1, 0.15) is 11.9 Å². The maximum Gasteiger partial charge on any atom is 0.273 e. The van der Waals surface area contributed by atoms with Crippen LogP contribution in [0.1, 0.15) is 5.56 Å². The highest BCUT2D eigenvalue weighted by atomic mass is 19.1. The highest BCUT2D eigenvalue weighted by molar-refractivity contribution is 6.05. The van der Waals surface area contributed by atoms with Gasteiger partial charge in [-0.15, -0.1) is 0 Å². The second-order valence-corrected chi connectivity index (χ2v) is 5.61. The lowest BCUT2D eigenvalue weighted by Crippen LogP contribution is -2.64. The van der Waals surface area contributed by atoms with Crippen molar-refractivity contribution in [3.63, 3.8) is 0 Å². The van der Waals surface area contributed by atoms with Crippen molar-refractivity contribution in [3.8, 4) is 0 Å². The molecular weight excluding hydrogens is 329 g/mol. The smallest absolute Gasteiger partial charge is 0.273 e. The number of carbonyl (C=O) groups excluding carboxylic acids is 2. The lowest BCUT2D eigenvalue weighted by atomic mass is 10.0. The van der Waals surface area contributed by atoms with Gasteiger partial charge >= 0.3 is 0 Å². The van der Waals surface area contributed by atoms with Crippen LogP contribution in [0.4, 0.5) is 15.8 Å². The first kappa shape index (κ1) is 16.6. The monoisotopic (exact) mass is 343 g/mol. The Hall–Kier alpha value is -3.29. The Labute approximate surface area is 142 Å². The van der Waals surface area contributed by atoms with Gasteiger partial charge in [0.25, 0.3) is 11.6 Å². The first-order chi connectivity index (χ1) is 12.0. The molecule has 3 rings (SSSR count). The second-order valence-electron chi connectivity index (χ2n) is 5.61. The minimum Gasteiger partial charge on any atom is -0.342 e. The first-order valence-corrected chi connectivity index (χ1v) is 7.54. The van der Waals surface area contributed by atoms with Crippen LogP contribution in [0.2, 0.25) is 0 Å². The largest absolute Gasteiger partial charge is 0.342 e. The lowest BCUT2D eigenvalue weighted by molar-refractivity contribution is -0.385. The normalized spacial score (nSPS) is 16.3. The Morgan fingerprint density at radius 2 is 1.92 bits per heavy atom. The topological polar surface area (TPSA) is 92.5 Å². The number of carbonyl (C=O) groups is 2. The molecule has 0 spiro atoms. The Bertz CT molecular complexity index is 838. The average molecular weight is 343 g/mol. The van der Waals surface area contributed by atoms with Crippen molar-refractivity contribution in [2.75, 3.05) is 11.4 Å². The van der Waals surface area contributed by atoms with Gasteiger partial charge in [-0.05, 0) is 24.3 Å². The molecule has 7 nitrogen and oxygen atoms in total. The summed E-state index contributed by atoms with van der Waals surface area (Å²) in [6.45, 7) is 0.271. The van der Waals surface area contributed by atoms with Crippen LogP contribution >= 0.6 is 0 Å². The van der Waals surface area contributed by atoms with Gasteiger partial charge in [-0.25, -0.2) is 4.39 Å². The summed E-state index contributed by atoms with van der Waals surface area (Å²) in [5, 5.41) is 13.5. The molecule has 0 aliphatic carbocycles. The third-order valence-corrected chi connectivity index (χ3v) is 3.94. The van der Waals surface area contributed by atoms with E-state index < -0.39 is 22.7 Å². The van der Waals surface area contributed by atoms with Crippen LogP contribution in [-0.2, 0) is 16.0 Å². The molecule has 8 heteroatoms. The van der Waals surface area contributed by atoms with E-state index in [9.17, 15) is 24.1 Å². The fraction of sp³-hybridized carbons (Fsp3) is 0.176. The van der Waals surface area contributed by atoms with Gasteiger partial charge in [-0.2, -0.15) is 0 Å². The molecule has 1 N–H and O–H groups in total. The Kier molecular flexibility index (Phi) is 4.42. The van der Waals surface area contributed by atoms with E-state index in [1.807, 2.05) is 0 Å². The molecule has 2 amide bonds. The van der Waals surface area contributed by atoms with Crippen molar-refractivity contribution in [2.45, 2.75) is 12.5 Å². The van der Waals surface area contributed by atoms with E-state index in [4.69, 9.17) is 0 Å². The molecule has 2 aromatic carbocycles. The number of para-hydroxylation sites is 1. The molecule has 0 unspecified atom stereocenters. The van der Waals surface area contributed by atoms with E-state index in [-0.39, 0.29) is 30.1 Å². The van der Waals surface area contributed by atoms with E-state index in [1.54, 1.807) is 6.07 Å². The van der Waals surface area contributed by atoms with Gasteiger partial charge in [0.05, 0.1) is 17.9 Å². The van der Waals surface area contributed by atoms with Crippen molar-refractivity contribution < 1.29 is 18.9 Å². The molecule has 1 heterocycles. The van der Waals surface area contributed by atoms with Gasteiger partial charge in [0.2, 0.25) is 5.91 Å². The summed E-state index contributed by atoms with van der Waals surface area (Å²) in [5.41, 5.74) is 0.702. The minimum absolute atomic E-state index is 0.134. The molecule has 0 saturated carbocycles. The van der Waals surface area contributed by atoms with Crippen molar-refractivity contribution >= 4 is 23.2 Å². The number of nitrogens with one attached hydrogen (secondary N) is 1. The number of benzene rings is 2. The van der Waals surface area contributed by atoms with Gasteiger partial charge < -0.3 is 10.2 Å². The van der Waals surface area contributed by atoms with Gasteiger partial charge in [-0.1, -0.05) is 18.2 Å². The van der Waals surface area contributed by atoms with Crippen LogP contribution in [-0.4, -0.2) is 29.3 Å². The lowest BCUT2D eigenvalue weighted by Gasteiger charge is -2.38. The van der Waals surface area contributed by atoms with E-state index in [2.05, 4.69) is 5.32 Å². The van der Waals surface area contributed by atoms with Crippen LogP contribution in [0.25, 0.3) is 0 Å². The number of nitro groups is 1. The van der Waals surface area contributed by atoms with Crippen LogP contribution in [0, 0.1) is 15.9 Å². The van der Waals surface area contributed by atoms with Crippen LogP contribution in [0.5, 0.6) is 0 Å². The quantitative estimate of drug-likeness (QED) is 0.509. The SMILES string of the molecule is O=C(Cc1ccccc1[N+](=O)[O-])N[C@@H]1CN(c2ccc(F)cc2)C1=O. The van der Waals surface area contributed by atoms with E-state index in [0.717, 1.165) is 0 Å². The predicted octanol–water partition coefficient (Wildman–Crippen LogP) is 1.81. The summed E-state index contributed by atoms with van der Waals surface area (Å²) >= 11 is 0. The third kappa shape index (κ3) is 3.47. The number of halogens is 1. The summed E-state index contributed by atoms with van der Waals surface area (Å²) in [7, 11) is 0. The summed E-state index contributed by atoms with van der Waals surface area (Å²) < 4.78 is 12.9. The molecule has 1 saturated heterocycles. The molecule has 0 aromatic heterocycles. The molecule has 128 valence electrons. The molecule has 1 aliphatic heterocycles. The van der Waals surface area contributed by atoms with E-state index in [0.29, 0.717) is 5.69 Å². The highest BCUT2D eigenvalue weighted by Crippen LogP contribution is 2.23. The maximum absolute atomic E-state index is 12.9. The number of hydrogen-bond acceptors (Lipinski definition) is 4. The van der Waals surface area contributed by atoms with Crippen molar-refractivity contribution in [2.24, 2.45) is 0 Å². The highest BCUT2D eigenvalue weighted by Gasteiger charge is 2.38. The second kappa shape index (κ2) is 6.68. The number of rotatable bonds is 5. The van der Waals surface area contributed by atoms with Gasteiger partial charge in [0.15, 0.2) is 0 Å². The Balaban J connectivity index is 1.59. The number of nitrogens with zero attached hydrogens (tertiary/aromatic N) is 2. The maximum atomic E-state index is 12.9. The molecule has 2 aromatic rings. The fourth-order valence-corrected chi connectivity index (χ4v) is 2.64. The molecule has 1 fully saturated rings. The zero-order valence-corrected chi connectivity index (χ0v) is 13.0. The average Bonchev–Trinajstić information content (AvgIpc) is 2.59. The molecular formula is C17H14FN3O4. The zero-order chi connectivity index (χ0) is 18.0. The van der Waals surface area contributed by atoms with Crippen LogP contribution < -0.4 is 10.2 Å². The van der Waals surface area contributed by atoms with E-state index >= 15 is 0 Å². The number of hydrogen-bond donors (Lipinski definition) is 1.